The maximum atomic E-state index is 12.0. The van der Waals surface area contributed by atoms with Gasteiger partial charge in [0, 0.05) is 12.1 Å². The van der Waals surface area contributed by atoms with Crippen LogP contribution >= 0.6 is 0 Å². The number of rotatable bonds is 1. The summed E-state index contributed by atoms with van der Waals surface area (Å²) in [5, 5.41) is 13.5. The lowest BCUT2D eigenvalue weighted by Crippen LogP contribution is -2.35. The zero-order valence-electron chi connectivity index (χ0n) is 9.56. The van der Waals surface area contributed by atoms with Crippen LogP contribution in [-0.4, -0.2) is 24.0 Å². The first-order valence-corrected chi connectivity index (χ1v) is 5.43. The Labute approximate surface area is 102 Å². The molecule has 1 amide bonds. The molecule has 1 saturated heterocycles. The minimum Gasteiger partial charge on any atom is -0.336 e. The highest BCUT2D eigenvalue weighted by atomic mass is 16.7. The number of non-ortho nitro benzene ring substituents is 1. The highest BCUT2D eigenvalue weighted by Gasteiger charge is 2.53. The van der Waals surface area contributed by atoms with Crippen molar-refractivity contribution in [1.29, 1.82) is 0 Å². The summed E-state index contributed by atoms with van der Waals surface area (Å²) >= 11 is 0. The van der Waals surface area contributed by atoms with Crippen LogP contribution in [0.25, 0.3) is 0 Å². The van der Waals surface area contributed by atoms with Gasteiger partial charge in [-0.2, -0.15) is 0 Å². The van der Waals surface area contributed by atoms with Gasteiger partial charge in [-0.25, -0.2) is 0 Å². The largest absolute Gasteiger partial charge is 0.336 e. The molecule has 3 rings (SSSR count). The number of amides is 1. The summed E-state index contributed by atoms with van der Waals surface area (Å²) in [5.41, 5.74) is 1.45. The van der Waals surface area contributed by atoms with Crippen LogP contribution in [0.4, 0.5) is 11.4 Å². The summed E-state index contributed by atoms with van der Waals surface area (Å²) in [6, 6.07) is 2.73. The lowest BCUT2D eigenvalue weighted by atomic mass is 10.0. The van der Waals surface area contributed by atoms with E-state index in [1.54, 1.807) is 6.92 Å². The topological polar surface area (TPSA) is 90.7 Å². The number of anilines is 1. The molecule has 18 heavy (non-hydrogen) atoms. The summed E-state index contributed by atoms with van der Waals surface area (Å²) in [7, 11) is 0. The minimum absolute atomic E-state index is 0.0822. The van der Waals surface area contributed by atoms with Crippen LogP contribution in [0.3, 0.4) is 0 Å². The van der Waals surface area contributed by atoms with E-state index in [2.05, 4.69) is 5.32 Å². The van der Waals surface area contributed by atoms with Gasteiger partial charge in [0.15, 0.2) is 0 Å². The van der Waals surface area contributed by atoms with E-state index in [1.807, 2.05) is 0 Å². The maximum Gasteiger partial charge on any atom is 0.289 e. The second-order valence-electron chi connectivity index (χ2n) is 4.21. The number of nitro groups is 1. The first kappa shape index (κ1) is 11.1. The molecule has 0 atom stereocenters. The third kappa shape index (κ3) is 1.28. The second-order valence-corrected chi connectivity index (χ2v) is 4.21. The number of carbonyl (C=O) groups excluding carboxylic acids is 1. The molecular formula is C11H10N2O5. The monoisotopic (exact) mass is 250 g/mol. The minimum atomic E-state index is -1.51. The molecule has 94 valence electrons. The molecule has 0 bridgehead atoms. The molecule has 1 aromatic rings. The summed E-state index contributed by atoms with van der Waals surface area (Å²) in [6.07, 6.45) is 0. The number of ether oxygens (including phenoxy) is 2. The number of benzene rings is 1. The molecule has 2 heterocycles. The Hall–Kier alpha value is -1.99. The van der Waals surface area contributed by atoms with Crippen molar-refractivity contribution in [2.75, 3.05) is 18.5 Å². The Morgan fingerprint density at radius 3 is 2.67 bits per heavy atom. The number of aryl methyl sites for hydroxylation is 1. The average Bonchev–Trinajstić information content (AvgIpc) is 2.90. The third-order valence-corrected chi connectivity index (χ3v) is 3.12. The summed E-state index contributed by atoms with van der Waals surface area (Å²) in [4.78, 5) is 22.3. The van der Waals surface area contributed by atoms with Gasteiger partial charge in [0.1, 0.15) is 0 Å². The van der Waals surface area contributed by atoms with Gasteiger partial charge in [0.05, 0.1) is 29.4 Å². The molecule has 0 saturated carbocycles. The van der Waals surface area contributed by atoms with Crippen molar-refractivity contribution in [2.45, 2.75) is 12.7 Å². The van der Waals surface area contributed by atoms with Crippen molar-refractivity contribution < 1.29 is 19.2 Å². The number of hydrogen-bond acceptors (Lipinski definition) is 5. The van der Waals surface area contributed by atoms with Gasteiger partial charge in [-0.05, 0) is 12.5 Å². The Morgan fingerprint density at radius 2 is 2.06 bits per heavy atom. The predicted molar refractivity (Wildman–Crippen MR) is 60.0 cm³/mol. The molecule has 7 heteroatoms. The molecule has 0 unspecified atom stereocenters. The van der Waals surface area contributed by atoms with Gasteiger partial charge in [0.25, 0.3) is 17.4 Å². The molecule has 1 aromatic carbocycles. The van der Waals surface area contributed by atoms with Gasteiger partial charge < -0.3 is 14.8 Å². The molecule has 7 nitrogen and oxygen atoms in total. The molecule has 1 fully saturated rings. The molecule has 0 aliphatic carbocycles. The van der Waals surface area contributed by atoms with Crippen molar-refractivity contribution in [3.63, 3.8) is 0 Å². The SMILES string of the molecule is Cc1cc([N+](=O)[O-])cc2c1NC(=O)C21OCCO1. The number of nitro benzene ring substituents is 1. The van der Waals surface area contributed by atoms with Crippen molar-refractivity contribution in [2.24, 2.45) is 0 Å². The number of carbonyl (C=O) groups is 1. The van der Waals surface area contributed by atoms with Crippen LogP contribution in [0.1, 0.15) is 11.1 Å². The predicted octanol–water partition coefficient (Wildman–Crippen LogP) is 1.05. The first-order chi connectivity index (χ1) is 8.54. The molecule has 2 aliphatic heterocycles. The summed E-state index contributed by atoms with van der Waals surface area (Å²) in [5.74, 6) is -1.94. The van der Waals surface area contributed by atoms with E-state index in [4.69, 9.17) is 9.47 Å². The van der Waals surface area contributed by atoms with Crippen molar-refractivity contribution in [3.05, 3.63) is 33.4 Å². The van der Waals surface area contributed by atoms with E-state index in [1.165, 1.54) is 12.1 Å². The highest BCUT2D eigenvalue weighted by Crippen LogP contribution is 2.45. The van der Waals surface area contributed by atoms with Crippen molar-refractivity contribution in [3.8, 4) is 0 Å². The molecule has 1 N–H and O–H groups in total. The Bertz CT molecular complexity index is 563. The van der Waals surface area contributed by atoms with Crippen LogP contribution in [-0.2, 0) is 20.1 Å². The zero-order chi connectivity index (χ0) is 12.9. The average molecular weight is 250 g/mol. The number of nitrogens with zero attached hydrogens (tertiary/aromatic N) is 1. The summed E-state index contributed by atoms with van der Waals surface area (Å²) < 4.78 is 10.7. The fraction of sp³-hybridized carbons (Fsp3) is 0.364. The second kappa shape index (κ2) is 3.50. The summed E-state index contributed by atoms with van der Waals surface area (Å²) in [6.45, 7) is 2.27. The first-order valence-electron chi connectivity index (χ1n) is 5.43. The fourth-order valence-corrected chi connectivity index (χ4v) is 2.32. The highest BCUT2D eigenvalue weighted by molar-refractivity contribution is 6.05. The number of hydrogen-bond donors (Lipinski definition) is 1. The Balaban J connectivity index is 2.22. The van der Waals surface area contributed by atoms with Crippen molar-refractivity contribution >= 4 is 17.3 Å². The van der Waals surface area contributed by atoms with Gasteiger partial charge in [-0.1, -0.05) is 0 Å². The molecule has 2 aliphatic rings. The van der Waals surface area contributed by atoms with Crippen LogP contribution in [0.2, 0.25) is 0 Å². The van der Waals surface area contributed by atoms with Gasteiger partial charge in [0.2, 0.25) is 0 Å². The smallest absolute Gasteiger partial charge is 0.289 e. The molecule has 0 radical (unpaired) electrons. The van der Waals surface area contributed by atoms with E-state index < -0.39 is 16.6 Å². The van der Waals surface area contributed by atoms with E-state index in [-0.39, 0.29) is 18.9 Å². The molecule has 1 spiro atoms. The lowest BCUT2D eigenvalue weighted by Gasteiger charge is -2.18. The molecular weight excluding hydrogens is 240 g/mol. The van der Waals surface area contributed by atoms with E-state index in [0.717, 1.165) is 0 Å². The molecule has 0 aromatic heterocycles. The fourth-order valence-electron chi connectivity index (χ4n) is 2.32. The quantitative estimate of drug-likeness (QED) is 0.594. The van der Waals surface area contributed by atoms with Crippen LogP contribution in [0.5, 0.6) is 0 Å². The standard InChI is InChI=1S/C11H10N2O5/c1-6-4-7(13(15)16)5-8-9(6)12-10(14)11(8)17-2-3-18-11/h4-5H,2-3H2,1H3,(H,12,14). The van der Waals surface area contributed by atoms with Crippen LogP contribution in [0, 0.1) is 17.0 Å². The van der Waals surface area contributed by atoms with E-state index in [0.29, 0.717) is 16.8 Å². The van der Waals surface area contributed by atoms with Gasteiger partial charge >= 0.3 is 0 Å². The maximum absolute atomic E-state index is 12.0. The number of fused-ring (bicyclic) bond motifs is 2. The zero-order valence-corrected chi connectivity index (χ0v) is 9.56. The van der Waals surface area contributed by atoms with Crippen molar-refractivity contribution in [1.82, 2.24) is 0 Å². The third-order valence-electron chi connectivity index (χ3n) is 3.12. The Morgan fingerprint density at radius 1 is 1.39 bits per heavy atom. The van der Waals surface area contributed by atoms with Gasteiger partial charge in [-0.3, -0.25) is 14.9 Å². The van der Waals surface area contributed by atoms with E-state index in [9.17, 15) is 14.9 Å². The van der Waals surface area contributed by atoms with Gasteiger partial charge in [-0.15, -0.1) is 0 Å². The lowest BCUT2D eigenvalue weighted by molar-refractivity contribution is -0.385. The van der Waals surface area contributed by atoms with Crippen LogP contribution in [0.15, 0.2) is 12.1 Å². The normalized spacial score (nSPS) is 19.9. The van der Waals surface area contributed by atoms with Crippen LogP contribution < -0.4 is 5.32 Å². The van der Waals surface area contributed by atoms with E-state index >= 15 is 0 Å². The Kier molecular flexibility index (Phi) is 2.16. The number of nitrogens with one attached hydrogen (secondary N) is 1.